The molecule has 0 radical (unpaired) electrons. The van der Waals surface area contributed by atoms with E-state index in [4.69, 9.17) is 22.9 Å². The smallest absolute Gasteiger partial charge is 0.0580 e. The molecule has 0 spiro atoms. The van der Waals surface area contributed by atoms with E-state index in [9.17, 15) is 0 Å². The number of anilines is 4. The molecule has 0 unspecified atom stereocenters. The number of benzene rings is 2. The summed E-state index contributed by atoms with van der Waals surface area (Å²) in [5, 5.41) is 0. The van der Waals surface area contributed by atoms with Gasteiger partial charge in [-0.15, -0.1) is 0 Å². The second kappa shape index (κ2) is 6.19. The molecule has 2 aromatic rings. The van der Waals surface area contributed by atoms with Crippen LogP contribution in [0.4, 0.5) is 22.7 Å². The van der Waals surface area contributed by atoms with Crippen molar-refractivity contribution in [3.63, 3.8) is 0 Å². The highest BCUT2D eigenvalue weighted by atomic mass is 14.7. The van der Waals surface area contributed by atoms with Crippen molar-refractivity contribution in [3.8, 4) is 0 Å². The van der Waals surface area contributed by atoms with Crippen molar-refractivity contribution >= 4 is 22.7 Å². The molecule has 0 amide bonds. The van der Waals surface area contributed by atoms with Gasteiger partial charge in [0.2, 0.25) is 0 Å². The Labute approximate surface area is 120 Å². The maximum Gasteiger partial charge on any atom is 0.0580 e. The molecule has 8 N–H and O–H groups in total. The van der Waals surface area contributed by atoms with Crippen molar-refractivity contribution in [2.75, 3.05) is 22.9 Å². The largest absolute Gasteiger partial charge is 0.397 e. The Kier molecular flexibility index (Phi) is 4.86. The average Bonchev–Trinajstić information content (AvgIpc) is 2.39. The molecule has 108 valence electrons. The fraction of sp³-hybridized carbons (Fsp3) is 0.250. The van der Waals surface area contributed by atoms with E-state index < -0.39 is 0 Å². The maximum atomic E-state index is 5.66. The average molecular weight is 272 g/mol. The minimum Gasteiger partial charge on any atom is -0.397 e. The molecule has 20 heavy (non-hydrogen) atoms. The van der Waals surface area contributed by atoms with Gasteiger partial charge in [0.05, 0.1) is 22.7 Å². The summed E-state index contributed by atoms with van der Waals surface area (Å²) in [6.45, 7) is 7.94. The van der Waals surface area contributed by atoms with Crippen LogP contribution in [0.3, 0.4) is 0 Å². The molecular formula is C16H24N4. The van der Waals surface area contributed by atoms with E-state index >= 15 is 0 Å². The first-order valence-electron chi connectivity index (χ1n) is 6.47. The number of nitrogens with two attached hydrogens (primary N) is 4. The van der Waals surface area contributed by atoms with Crippen LogP contribution in [-0.2, 0) is 0 Å². The predicted octanol–water partition coefficient (Wildman–Crippen LogP) is 2.94. The van der Waals surface area contributed by atoms with Crippen LogP contribution >= 0.6 is 0 Å². The Balaban J connectivity index is 0.000000200. The molecule has 0 fully saturated rings. The first-order valence-corrected chi connectivity index (χ1v) is 6.47. The van der Waals surface area contributed by atoms with Gasteiger partial charge in [-0.05, 0) is 62.1 Å². The lowest BCUT2D eigenvalue weighted by Crippen LogP contribution is -1.98. The van der Waals surface area contributed by atoms with Crippen LogP contribution in [0.15, 0.2) is 24.3 Å². The zero-order valence-electron chi connectivity index (χ0n) is 12.6. The normalized spacial score (nSPS) is 9.80. The minimum absolute atomic E-state index is 0.670. The Bertz CT molecular complexity index is 541. The van der Waals surface area contributed by atoms with E-state index in [2.05, 4.69) is 0 Å². The summed E-state index contributed by atoms with van der Waals surface area (Å²) in [5.41, 5.74) is 29.7. The van der Waals surface area contributed by atoms with Crippen LogP contribution in [0.2, 0.25) is 0 Å². The molecule has 0 atom stereocenters. The lowest BCUT2D eigenvalue weighted by atomic mass is 10.1. The zero-order valence-corrected chi connectivity index (χ0v) is 12.6. The third-order valence-electron chi connectivity index (χ3n) is 3.42. The van der Waals surface area contributed by atoms with Crippen LogP contribution in [0.5, 0.6) is 0 Å². The Hall–Kier alpha value is -2.36. The number of nitrogen functional groups attached to an aromatic ring is 4. The molecule has 0 aliphatic carbocycles. The first kappa shape index (κ1) is 15.7. The van der Waals surface area contributed by atoms with Gasteiger partial charge < -0.3 is 22.9 Å². The summed E-state index contributed by atoms with van der Waals surface area (Å²) < 4.78 is 0. The van der Waals surface area contributed by atoms with E-state index in [1.54, 1.807) is 0 Å². The lowest BCUT2D eigenvalue weighted by Gasteiger charge is -2.05. The van der Waals surface area contributed by atoms with Crippen LogP contribution in [0.1, 0.15) is 22.3 Å². The SMILES string of the molecule is Cc1cc(N)c(N)cc1C.Cc1ccc(C)c(N)c1N. The van der Waals surface area contributed by atoms with Crippen LogP contribution in [-0.4, -0.2) is 0 Å². The van der Waals surface area contributed by atoms with E-state index in [1.807, 2.05) is 52.0 Å². The minimum atomic E-state index is 0.670. The summed E-state index contributed by atoms with van der Waals surface area (Å²) in [6, 6.07) is 7.73. The predicted molar refractivity (Wildman–Crippen MR) is 89.5 cm³/mol. The highest BCUT2D eigenvalue weighted by Gasteiger charge is 1.99. The molecule has 0 aliphatic rings. The molecule has 0 aliphatic heterocycles. The van der Waals surface area contributed by atoms with Gasteiger partial charge in [-0.2, -0.15) is 0 Å². The third kappa shape index (κ3) is 3.57. The number of aryl methyl sites for hydroxylation is 4. The van der Waals surface area contributed by atoms with Crippen molar-refractivity contribution in [1.29, 1.82) is 0 Å². The summed E-state index contributed by atoms with van der Waals surface area (Å²) in [6.07, 6.45) is 0. The molecule has 0 aromatic heterocycles. The van der Waals surface area contributed by atoms with Gasteiger partial charge in [0.15, 0.2) is 0 Å². The topological polar surface area (TPSA) is 104 Å². The number of hydrogen-bond donors (Lipinski definition) is 4. The zero-order chi connectivity index (χ0) is 15.4. The molecule has 2 aromatic carbocycles. The summed E-state index contributed by atoms with van der Waals surface area (Å²) >= 11 is 0. The van der Waals surface area contributed by atoms with E-state index in [0.29, 0.717) is 22.7 Å². The molecule has 4 heteroatoms. The fourth-order valence-electron chi connectivity index (χ4n) is 1.72. The first-order chi connectivity index (χ1) is 9.23. The Morgan fingerprint density at radius 3 is 1.15 bits per heavy atom. The summed E-state index contributed by atoms with van der Waals surface area (Å²) in [4.78, 5) is 0. The second-order valence-corrected chi connectivity index (χ2v) is 5.09. The number of rotatable bonds is 0. The van der Waals surface area contributed by atoms with Gasteiger partial charge in [0, 0.05) is 0 Å². The van der Waals surface area contributed by atoms with E-state index in [1.165, 1.54) is 11.1 Å². The fourth-order valence-corrected chi connectivity index (χ4v) is 1.72. The molecule has 4 nitrogen and oxygen atoms in total. The quantitative estimate of drug-likeness (QED) is 0.553. The van der Waals surface area contributed by atoms with Gasteiger partial charge in [0.1, 0.15) is 0 Å². The summed E-state index contributed by atoms with van der Waals surface area (Å²) in [5.74, 6) is 0. The Morgan fingerprint density at radius 2 is 0.850 bits per heavy atom. The van der Waals surface area contributed by atoms with Gasteiger partial charge in [-0.25, -0.2) is 0 Å². The standard InChI is InChI=1S/2C8H12N2/c1-5-3-7(9)8(10)4-6(5)2;1-5-3-4-6(2)8(10)7(5)9/h2*3-4H,9-10H2,1-2H3. The highest BCUT2D eigenvalue weighted by molar-refractivity contribution is 5.70. The van der Waals surface area contributed by atoms with Gasteiger partial charge in [0.25, 0.3) is 0 Å². The van der Waals surface area contributed by atoms with Crippen molar-refractivity contribution in [1.82, 2.24) is 0 Å². The van der Waals surface area contributed by atoms with Gasteiger partial charge >= 0.3 is 0 Å². The van der Waals surface area contributed by atoms with Crippen molar-refractivity contribution in [3.05, 3.63) is 46.5 Å². The maximum absolute atomic E-state index is 5.66. The van der Waals surface area contributed by atoms with Crippen LogP contribution in [0.25, 0.3) is 0 Å². The second-order valence-electron chi connectivity index (χ2n) is 5.09. The van der Waals surface area contributed by atoms with E-state index in [-0.39, 0.29) is 0 Å². The summed E-state index contributed by atoms with van der Waals surface area (Å²) in [7, 11) is 0. The highest BCUT2D eigenvalue weighted by Crippen LogP contribution is 2.22. The molecule has 0 saturated heterocycles. The molecular weight excluding hydrogens is 248 g/mol. The molecule has 0 bridgehead atoms. The van der Waals surface area contributed by atoms with Crippen molar-refractivity contribution in [2.45, 2.75) is 27.7 Å². The molecule has 0 saturated carbocycles. The Morgan fingerprint density at radius 1 is 0.550 bits per heavy atom. The monoisotopic (exact) mass is 272 g/mol. The van der Waals surface area contributed by atoms with Gasteiger partial charge in [-0.1, -0.05) is 12.1 Å². The van der Waals surface area contributed by atoms with Crippen molar-refractivity contribution < 1.29 is 0 Å². The molecule has 2 rings (SSSR count). The molecule has 0 heterocycles. The number of hydrogen-bond acceptors (Lipinski definition) is 4. The van der Waals surface area contributed by atoms with Crippen LogP contribution < -0.4 is 22.9 Å². The van der Waals surface area contributed by atoms with Crippen LogP contribution in [0, 0.1) is 27.7 Å². The van der Waals surface area contributed by atoms with Crippen molar-refractivity contribution in [2.24, 2.45) is 0 Å². The third-order valence-corrected chi connectivity index (χ3v) is 3.42. The van der Waals surface area contributed by atoms with E-state index in [0.717, 1.165) is 11.1 Å². The lowest BCUT2D eigenvalue weighted by molar-refractivity contribution is 1.35. The van der Waals surface area contributed by atoms with Gasteiger partial charge in [-0.3, -0.25) is 0 Å².